The predicted octanol–water partition coefficient (Wildman–Crippen LogP) is 1.97. The lowest BCUT2D eigenvalue weighted by Crippen LogP contribution is -2.24. The van der Waals surface area contributed by atoms with E-state index in [0.29, 0.717) is 25.4 Å². The number of nitrogens with one attached hydrogen (secondary N) is 1. The summed E-state index contributed by atoms with van der Waals surface area (Å²) < 4.78 is 42.8. The third-order valence-electron chi connectivity index (χ3n) is 2.34. The monoisotopic (exact) mass is 263 g/mol. The fourth-order valence-corrected chi connectivity index (χ4v) is 1.49. The van der Waals surface area contributed by atoms with Crippen molar-refractivity contribution in [1.82, 2.24) is 5.32 Å². The van der Waals surface area contributed by atoms with Crippen LogP contribution in [0.25, 0.3) is 0 Å². The first kappa shape index (κ1) is 14.8. The predicted molar refractivity (Wildman–Crippen MR) is 61.6 cm³/mol. The lowest BCUT2D eigenvalue weighted by atomic mass is 10.1. The summed E-state index contributed by atoms with van der Waals surface area (Å²) in [6.45, 7) is 2.78. The molecule has 102 valence electrons. The quantitative estimate of drug-likeness (QED) is 0.771. The van der Waals surface area contributed by atoms with E-state index in [2.05, 4.69) is 5.32 Å². The molecule has 1 aromatic carbocycles. The van der Waals surface area contributed by atoms with E-state index >= 15 is 0 Å². The second kappa shape index (κ2) is 6.61. The van der Waals surface area contributed by atoms with Crippen LogP contribution in [0.15, 0.2) is 18.2 Å². The second-order valence-corrected chi connectivity index (χ2v) is 3.80. The number of hydrogen-bond donors (Lipinski definition) is 2. The highest BCUT2D eigenvalue weighted by molar-refractivity contribution is 5.36. The van der Waals surface area contributed by atoms with Crippen LogP contribution in [0.5, 0.6) is 5.75 Å². The van der Waals surface area contributed by atoms with Crippen molar-refractivity contribution in [2.45, 2.75) is 13.1 Å². The molecule has 0 unspecified atom stereocenters. The Labute approximate surface area is 104 Å². The third kappa shape index (κ3) is 4.54. The minimum absolute atomic E-state index is 0.0411. The number of benzene rings is 1. The van der Waals surface area contributed by atoms with Crippen molar-refractivity contribution in [3.05, 3.63) is 29.3 Å². The number of halogens is 3. The van der Waals surface area contributed by atoms with Gasteiger partial charge in [-0.2, -0.15) is 13.2 Å². The van der Waals surface area contributed by atoms with Crippen molar-refractivity contribution in [1.29, 1.82) is 0 Å². The summed E-state index contributed by atoms with van der Waals surface area (Å²) in [4.78, 5) is 0. The molecule has 0 amide bonds. The molecule has 0 spiro atoms. The minimum Gasteiger partial charge on any atom is -0.492 e. The fraction of sp³-hybridized carbons (Fsp3) is 0.500. The summed E-state index contributed by atoms with van der Waals surface area (Å²) >= 11 is 0. The molecule has 0 atom stereocenters. The number of aliphatic hydroxyl groups excluding tert-OH is 1. The van der Waals surface area contributed by atoms with Gasteiger partial charge in [-0.3, -0.25) is 0 Å². The molecular weight excluding hydrogens is 247 g/mol. The molecule has 0 bridgehead atoms. The van der Waals surface area contributed by atoms with E-state index < -0.39 is 11.7 Å². The standard InChI is InChI=1S/C12H16F3NO2/c1-9-8-10(18-7-5-16-4-6-17)2-3-11(9)12(13,14)15/h2-3,8,16-17H,4-7H2,1H3. The van der Waals surface area contributed by atoms with Crippen molar-refractivity contribution in [2.24, 2.45) is 0 Å². The zero-order valence-corrected chi connectivity index (χ0v) is 10.0. The van der Waals surface area contributed by atoms with Crippen molar-refractivity contribution in [3.63, 3.8) is 0 Å². The Hall–Kier alpha value is -1.27. The van der Waals surface area contributed by atoms with Gasteiger partial charge in [-0.1, -0.05) is 0 Å². The van der Waals surface area contributed by atoms with Crippen LogP contribution in [0.1, 0.15) is 11.1 Å². The summed E-state index contributed by atoms with van der Waals surface area (Å²) in [7, 11) is 0. The highest BCUT2D eigenvalue weighted by atomic mass is 19.4. The van der Waals surface area contributed by atoms with Crippen LogP contribution >= 0.6 is 0 Å². The first-order valence-corrected chi connectivity index (χ1v) is 5.57. The topological polar surface area (TPSA) is 41.5 Å². The summed E-state index contributed by atoms with van der Waals surface area (Å²) in [5.74, 6) is 0.409. The maximum atomic E-state index is 12.5. The Bertz CT molecular complexity index is 380. The minimum atomic E-state index is -4.33. The van der Waals surface area contributed by atoms with Crippen LogP contribution in [-0.4, -0.2) is 31.4 Å². The normalized spacial score (nSPS) is 11.6. The van der Waals surface area contributed by atoms with Crippen LogP contribution in [0.2, 0.25) is 0 Å². The van der Waals surface area contributed by atoms with Crippen LogP contribution in [0.3, 0.4) is 0 Å². The number of rotatable bonds is 6. The van der Waals surface area contributed by atoms with Gasteiger partial charge in [0.1, 0.15) is 12.4 Å². The van der Waals surface area contributed by atoms with Gasteiger partial charge in [-0.05, 0) is 30.7 Å². The number of hydrogen-bond acceptors (Lipinski definition) is 3. The van der Waals surface area contributed by atoms with Gasteiger partial charge >= 0.3 is 6.18 Å². The molecule has 3 nitrogen and oxygen atoms in total. The number of alkyl halides is 3. The molecule has 0 aromatic heterocycles. The van der Waals surface area contributed by atoms with Gasteiger partial charge in [0.05, 0.1) is 12.2 Å². The van der Waals surface area contributed by atoms with Gasteiger partial charge < -0.3 is 15.2 Å². The van der Waals surface area contributed by atoms with E-state index in [1.165, 1.54) is 19.1 Å². The maximum absolute atomic E-state index is 12.5. The Balaban J connectivity index is 2.52. The first-order valence-electron chi connectivity index (χ1n) is 5.57. The Morgan fingerprint density at radius 1 is 1.28 bits per heavy atom. The van der Waals surface area contributed by atoms with Crippen LogP contribution < -0.4 is 10.1 Å². The van der Waals surface area contributed by atoms with Crippen molar-refractivity contribution < 1.29 is 23.0 Å². The number of aliphatic hydroxyl groups is 1. The van der Waals surface area contributed by atoms with Gasteiger partial charge in [-0.25, -0.2) is 0 Å². The number of ether oxygens (including phenoxy) is 1. The van der Waals surface area contributed by atoms with Gasteiger partial charge in [-0.15, -0.1) is 0 Å². The Morgan fingerprint density at radius 2 is 2.00 bits per heavy atom. The smallest absolute Gasteiger partial charge is 0.416 e. The molecule has 18 heavy (non-hydrogen) atoms. The van der Waals surface area contributed by atoms with Gasteiger partial charge in [0.15, 0.2) is 0 Å². The highest BCUT2D eigenvalue weighted by Crippen LogP contribution is 2.33. The molecule has 0 fully saturated rings. The molecule has 0 radical (unpaired) electrons. The van der Waals surface area contributed by atoms with Crippen LogP contribution in [-0.2, 0) is 6.18 Å². The van der Waals surface area contributed by atoms with Crippen LogP contribution in [0, 0.1) is 6.92 Å². The third-order valence-corrected chi connectivity index (χ3v) is 2.34. The summed E-state index contributed by atoms with van der Waals surface area (Å²) in [6.07, 6.45) is -4.33. The van der Waals surface area contributed by atoms with Gasteiger partial charge in [0.25, 0.3) is 0 Å². The fourth-order valence-electron chi connectivity index (χ4n) is 1.49. The van der Waals surface area contributed by atoms with Crippen molar-refractivity contribution >= 4 is 0 Å². The average Bonchev–Trinajstić information content (AvgIpc) is 2.27. The van der Waals surface area contributed by atoms with Gasteiger partial charge in [0.2, 0.25) is 0 Å². The van der Waals surface area contributed by atoms with E-state index in [9.17, 15) is 13.2 Å². The molecular formula is C12H16F3NO2. The first-order chi connectivity index (χ1) is 8.45. The average molecular weight is 263 g/mol. The second-order valence-electron chi connectivity index (χ2n) is 3.80. The van der Waals surface area contributed by atoms with E-state index in [-0.39, 0.29) is 12.2 Å². The van der Waals surface area contributed by atoms with Gasteiger partial charge in [0, 0.05) is 13.1 Å². The molecule has 6 heteroatoms. The molecule has 0 heterocycles. The molecule has 0 aliphatic heterocycles. The van der Waals surface area contributed by atoms with E-state index in [1.54, 1.807) is 0 Å². The highest BCUT2D eigenvalue weighted by Gasteiger charge is 2.32. The van der Waals surface area contributed by atoms with Crippen molar-refractivity contribution in [3.8, 4) is 5.75 Å². The molecule has 0 saturated carbocycles. The number of aryl methyl sites for hydroxylation is 1. The molecule has 1 rings (SSSR count). The molecule has 0 saturated heterocycles. The molecule has 0 aliphatic rings. The summed E-state index contributed by atoms with van der Waals surface area (Å²) in [5.41, 5.74) is -0.503. The SMILES string of the molecule is Cc1cc(OCCNCCO)ccc1C(F)(F)F. The molecule has 2 N–H and O–H groups in total. The lowest BCUT2D eigenvalue weighted by molar-refractivity contribution is -0.138. The molecule has 1 aromatic rings. The Kier molecular flexibility index (Phi) is 5.43. The molecule has 0 aliphatic carbocycles. The van der Waals surface area contributed by atoms with E-state index in [4.69, 9.17) is 9.84 Å². The van der Waals surface area contributed by atoms with Crippen molar-refractivity contribution in [2.75, 3.05) is 26.3 Å². The zero-order valence-electron chi connectivity index (χ0n) is 10.0. The van der Waals surface area contributed by atoms with Crippen LogP contribution in [0.4, 0.5) is 13.2 Å². The van der Waals surface area contributed by atoms with E-state index in [0.717, 1.165) is 6.07 Å². The summed E-state index contributed by atoms with van der Waals surface area (Å²) in [5, 5.41) is 11.4. The lowest BCUT2D eigenvalue weighted by Gasteiger charge is -2.12. The van der Waals surface area contributed by atoms with E-state index in [1.807, 2.05) is 0 Å². The largest absolute Gasteiger partial charge is 0.492 e. The maximum Gasteiger partial charge on any atom is 0.416 e. The summed E-state index contributed by atoms with van der Waals surface area (Å²) in [6, 6.07) is 3.70. The Morgan fingerprint density at radius 3 is 2.56 bits per heavy atom. The zero-order chi connectivity index (χ0) is 13.6.